The van der Waals surface area contributed by atoms with Crippen molar-refractivity contribution >= 4 is 44.7 Å². The highest BCUT2D eigenvalue weighted by atomic mass is 32.1. The summed E-state index contributed by atoms with van der Waals surface area (Å²) in [7, 11) is 0. The van der Waals surface area contributed by atoms with Crippen molar-refractivity contribution in [2.45, 2.75) is 32.1 Å². The van der Waals surface area contributed by atoms with E-state index in [9.17, 15) is 9.59 Å². The fourth-order valence-electron chi connectivity index (χ4n) is 4.46. The first-order valence-corrected chi connectivity index (χ1v) is 13.2. The lowest BCUT2D eigenvalue weighted by atomic mass is 9.89. The Balaban J connectivity index is 1.24. The summed E-state index contributed by atoms with van der Waals surface area (Å²) in [6.07, 6.45) is 2.41. The fraction of sp³-hybridized carbons (Fsp3) is 0.308. The molecule has 174 valence electrons. The van der Waals surface area contributed by atoms with Gasteiger partial charge in [0.2, 0.25) is 0 Å². The van der Waals surface area contributed by atoms with E-state index in [0.717, 1.165) is 40.9 Å². The number of carbonyl (C=O) groups is 2. The molecule has 6 nitrogen and oxygen atoms in total. The average molecular weight is 491 g/mol. The van der Waals surface area contributed by atoms with Crippen molar-refractivity contribution in [3.05, 3.63) is 80.7 Å². The number of pyridine rings is 1. The molecule has 34 heavy (non-hydrogen) atoms. The van der Waals surface area contributed by atoms with Gasteiger partial charge in [-0.15, -0.1) is 22.7 Å². The third kappa shape index (κ3) is 4.88. The number of hydrogen-bond donors (Lipinski definition) is 1. The van der Waals surface area contributed by atoms with Gasteiger partial charge in [-0.2, -0.15) is 0 Å². The normalized spacial score (nSPS) is 14.4. The van der Waals surface area contributed by atoms with Crippen molar-refractivity contribution in [3.8, 4) is 0 Å². The topological polar surface area (TPSA) is 75.2 Å². The molecule has 0 spiro atoms. The Kier molecular flexibility index (Phi) is 6.69. The van der Waals surface area contributed by atoms with Crippen molar-refractivity contribution in [3.63, 3.8) is 0 Å². The highest BCUT2D eigenvalue weighted by Gasteiger charge is 2.28. The number of aryl methyl sites for hydroxylation is 1. The lowest BCUT2D eigenvalue weighted by Gasteiger charge is -2.32. The number of nitrogens with one attached hydrogen (secondary N) is 1. The van der Waals surface area contributed by atoms with Crippen LogP contribution < -0.4 is 5.32 Å². The van der Waals surface area contributed by atoms with Crippen molar-refractivity contribution in [2.24, 2.45) is 0 Å². The van der Waals surface area contributed by atoms with E-state index in [1.807, 2.05) is 53.6 Å². The number of thiophene rings is 1. The Hall–Kier alpha value is -3.10. The molecular formula is C26H26N4O2S2. The minimum absolute atomic E-state index is 0.0532. The second-order valence-corrected chi connectivity index (χ2v) is 10.5. The number of piperidine rings is 1. The van der Waals surface area contributed by atoms with Gasteiger partial charge >= 0.3 is 0 Å². The number of aromatic nitrogens is 2. The Bertz CT molecular complexity index is 1310. The van der Waals surface area contributed by atoms with E-state index in [4.69, 9.17) is 4.98 Å². The summed E-state index contributed by atoms with van der Waals surface area (Å²) in [6.45, 7) is 3.86. The number of nitrogens with zero attached hydrogens (tertiary/aromatic N) is 3. The number of benzene rings is 1. The van der Waals surface area contributed by atoms with Gasteiger partial charge in [0.05, 0.1) is 27.0 Å². The largest absolute Gasteiger partial charge is 0.352 e. The molecule has 1 N–H and O–H groups in total. The molecule has 0 radical (unpaired) electrons. The van der Waals surface area contributed by atoms with E-state index in [1.54, 1.807) is 28.2 Å². The Morgan fingerprint density at radius 2 is 1.97 bits per heavy atom. The summed E-state index contributed by atoms with van der Waals surface area (Å²) in [6, 6.07) is 13.6. The molecule has 0 atom stereocenters. The molecule has 1 saturated heterocycles. The standard InChI is InChI=1S/C26H26N4O2S2/c1-17-4-6-21(25(31)27-11-8-20-3-2-14-33-20)24(29-17)18-9-12-30(13-10-18)26(32)19-5-7-22-23(15-19)34-16-28-22/h2-7,14-16,18H,8-13H2,1H3,(H,27,31). The molecule has 0 bridgehead atoms. The summed E-state index contributed by atoms with van der Waals surface area (Å²) < 4.78 is 1.03. The molecular weight excluding hydrogens is 464 g/mol. The number of amides is 2. The van der Waals surface area contributed by atoms with Gasteiger partial charge in [-0.1, -0.05) is 6.07 Å². The van der Waals surface area contributed by atoms with Gasteiger partial charge in [0.25, 0.3) is 11.8 Å². The summed E-state index contributed by atoms with van der Waals surface area (Å²) >= 11 is 3.25. The maximum absolute atomic E-state index is 13.1. The molecule has 4 aromatic rings. The number of fused-ring (bicyclic) bond motifs is 1. The molecule has 2 amide bonds. The quantitative estimate of drug-likeness (QED) is 0.410. The Morgan fingerprint density at radius 3 is 2.76 bits per heavy atom. The monoisotopic (exact) mass is 490 g/mol. The van der Waals surface area contributed by atoms with Crippen LogP contribution in [0.5, 0.6) is 0 Å². The highest BCUT2D eigenvalue weighted by molar-refractivity contribution is 7.16. The minimum Gasteiger partial charge on any atom is -0.352 e. The first-order valence-electron chi connectivity index (χ1n) is 11.5. The van der Waals surface area contributed by atoms with Gasteiger partial charge in [0, 0.05) is 41.7 Å². The molecule has 0 saturated carbocycles. The van der Waals surface area contributed by atoms with Gasteiger partial charge in [0.15, 0.2) is 0 Å². The second kappa shape index (κ2) is 10.0. The van der Waals surface area contributed by atoms with Crippen molar-refractivity contribution in [2.75, 3.05) is 19.6 Å². The SMILES string of the molecule is Cc1ccc(C(=O)NCCc2cccs2)c(C2CCN(C(=O)c3ccc4ncsc4c3)CC2)n1. The Morgan fingerprint density at radius 1 is 1.12 bits per heavy atom. The van der Waals surface area contributed by atoms with Crippen LogP contribution in [0.25, 0.3) is 10.2 Å². The third-order valence-corrected chi connectivity index (χ3v) is 8.02. The van der Waals surface area contributed by atoms with Gasteiger partial charge in [0.1, 0.15) is 0 Å². The van der Waals surface area contributed by atoms with Crippen molar-refractivity contribution in [1.29, 1.82) is 0 Å². The summed E-state index contributed by atoms with van der Waals surface area (Å²) in [4.78, 5) is 38.3. The Labute approximate surface area is 206 Å². The van der Waals surface area contributed by atoms with Gasteiger partial charge < -0.3 is 10.2 Å². The third-order valence-electron chi connectivity index (χ3n) is 6.29. The maximum Gasteiger partial charge on any atom is 0.253 e. The van der Waals surface area contributed by atoms with E-state index in [-0.39, 0.29) is 17.7 Å². The molecule has 1 aliphatic rings. The number of rotatable bonds is 6. The second-order valence-electron chi connectivity index (χ2n) is 8.57. The summed E-state index contributed by atoms with van der Waals surface area (Å²) in [5.41, 5.74) is 5.84. The first kappa shape index (κ1) is 22.7. The minimum atomic E-state index is -0.0737. The van der Waals surface area contributed by atoms with Crippen LogP contribution in [-0.2, 0) is 6.42 Å². The van der Waals surface area contributed by atoms with E-state index >= 15 is 0 Å². The predicted molar refractivity (Wildman–Crippen MR) is 137 cm³/mol. The van der Waals surface area contributed by atoms with Crippen LogP contribution in [0.15, 0.2) is 53.4 Å². The first-order chi connectivity index (χ1) is 16.6. The van der Waals surface area contributed by atoms with Crippen LogP contribution >= 0.6 is 22.7 Å². The summed E-state index contributed by atoms with van der Waals surface area (Å²) in [5, 5.41) is 5.11. The molecule has 4 heterocycles. The number of likely N-dealkylation sites (tertiary alicyclic amines) is 1. The number of carbonyl (C=O) groups excluding carboxylic acids is 2. The van der Waals surface area contributed by atoms with E-state index < -0.39 is 0 Å². The highest BCUT2D eigenvalue weighted by Crippen LogP contribution is 2.30. The molecule has 3 aromatic heterocycles. The zero-order valence-electron chi connectivity index (χ0n) is 19.0. The lowest BCUT2D eigenvalue weighted by molar-refractivity contribution is 0.0710. The molecule has 8 heteroatoms. The molecule has 5 rings (SSSR count). The lowest BCUT2D eigenvalue weighted by Crippen LogP contribution is -2.38. The van der Waals surface area contributed by atoms with Crippen LogP contribution in [0.2, 0.25) is 0 Å². The van der Waals surface area contributed by atoms with Gasteiger partial charge in [-0.25, -0.2) is 4.98 Å². The van der Waals surface area contributed by atoms with Gasteiger partial charge in [-0.05, 0) is 68.0 Å². The average Bonchev–Trinajstić information content (AvgIpc) is 3.55. The summed E-state index contributed by atoms with van der Waals surface area (Å²) in [5.74, 6) is 0.138. The van der Waals surface area contributed by atoms with Crippen LogP contribution in [-0.4, -0.2) is 46.3 Å². The predicted octanol–water partition coefficient (Wildman–Crippen LogP) is 5.05. The van der Waals surface area contributed by atoms with E-state index in [2.05, 4.69) is 16.4 Å². The van der Waals surface area contributed by atoms with Crippen molar-refractivity contribution in [1.82, 2.24) is 20.2 Å². The van der Waals surface area contributed by atoms with Crippen LogP contribution in [0.1, 0.15) is 55.7 Å². The van der Waals surface area contributed by atoms with E-state index in [0.29, 0.717) is 30.8 Å². The molecule has 1 fully saturated rings. The maximum atomic E-state index is 13.1. The van der Waals surface area contributed by atoms with Gasteiger partial charge in [-0.3, -0.25) is 14.6 Å². The molecule has 0 aliphatic carbocycles. The zero-order valence-corrected chi connectivity index (χ0v) is 20.6. The van der Waals surface area contributed by atoms with Crippen LogP contribution in [0.3, 0.4) is 0 Å². The number of thiazole rings is 1. The van der Waals surface area contributed by atoms with Crippen LogP contribution in [0.4, 0.5) is 0 Å². The fourth-order valence-corrected chi connectivity index (χ4v) is 5.88. The van der Waals surface area contributed by atoms with Crippen molar-refractivity contribution < 1.29 is 9.59 Å². The number of hydrogen-bond acceptors (Lipinski definition) is 6. The van der Waals surface area contributed by atoms with E-state index in [1.165, 1.54) is 4.88 Å². The van der Waals surface area contributed by atoms with Crippen LogP contribution in [0, 0.1) is 6.92 Å². The molecule has 1 aromatic carbocycles. The zero-order chi connectivity index (χ0) is 23.5. The molecule has 1 aliphatic heterocycles. The smallest absolute Gasteiger partial charge is 0.253 e. The molecule has 0 unspecified atom stereocenters.